The number of hydrogen-bond acceptors (Lipinski definition) is 3. The summed E-state index contributed by atoms with van der Waals surface area (Å²) in [5.41, 5.74) is 1.82. The van der Waals surface area contributed by atoms with E-state index < -0.39 is 0 Å². The molecule has 0 radical (unpaired) electrons. The van der Waals surface area contributed by atoms with Gasteiger partial charge < -0.3 is 15.3 Å². The van der Waals surface area contributed by atoms with Gasteiger partial charge in [-0.2, -0.15) is 0 Å². The van der Waals surface area contributed by atoms with Crippen LogP contribution < -0.4 is 0 Å². The van der Waals surface area contributed by atoms with Gasteiger partial charge in [0.2, 0.25) is 0 Å². The van der Waals surface area contributed by atoms with Crippen LogP contribution in [-0.4, -0.2) is 15.3 Å². The lowest BCUT2D eigenvalue weighted by Gasteiger charge is -1.93. The highest BCUT2D eigenvalue weighted by atomic mass is 79.9. The summed E-state index contributed by atoms with van der Waals surface area (Å²) in [5, 5.41) is 27.1. The first-order valence-corrected chi connectivity index (χ1v) is 6.50. The third kappa shape index (κ3) is 5.21. The maximum absolute atomic E-state index is 8.92. The fraction of sp³-hybridized carbons (Fsp3) is 0.143. The summed E-state index contributed by atoms with van der Waals surface area (Å²) in [6.45, 7) is -0.0194. The van der Waals surface area contributed by atoms with Crippen molar-refractivity contribution in [3.63, 3.8) is 0 Å². The normalized spacial score (nSPS) is 9.44. The summed E-state index contributed by atoms with van der Waals surface area (Å²) < 4.78 is 0. The molecular formula is C14H15BrO3. The molecule has 0 aliphatic rings. The Balaban J connectivity index is 0.000000180. The summed E-state index contributed by atoms with van der Waals surface area (Å²) in [6.07, 6.45) is 0. The zero-order chi connectivity index (χ0) is 13.4. The molecule has 0 saturated heterocycles. The van der Waals surface area contributed by atoms with Crippen LogP contribution in [0, 0.1) is 0 Å². The zero-order valence-corrected chi connectivity index (χ0v) is 11.3. The van der Waals surface area contributed by atoms with E-state index in [0.717, 1.165) is 16.5 Å². The molecule has 18 heavy (non-hydrogen) atoms. The number of phenolic OH excluding ortho intramolecular Hbond substituents is 2. The molecule has 2 aromatic rings. The van der Waals surface area contributed by atoms with Crippen molar-refractivity contribution >= 4 is 15.9 Å². The molecule has 0 saturated carbocycles. The number of phenols is 2. The molecule has 96 valence electrons. The lowest BCUT2D eigenvalue weighted by atomic mass is 10.2. The largest absolute Gasteiger partial charge is 0.508 e. The van der Waals surface area contributed by atoms with E-state index >= 15 is 0 Å². The number of aliphatic hydroxyl groups excluding tert-OH is 1. The van der Waals surface area contributed by atoms with Crippen molar-refractivity contribution < 1.29 is 15.3 Å². The van der Waals surface area contributed by atoms with E-state index in [9.17, 15) is 0 Å². The van der Waals surface area contributed by atoms with Crippen molar-refractivity contribution in [3.05, 3.63) is 59.7 Å². The van der Waals surface area contributed by atoms with Gasteiger partial charge in [-0.05, 0) is 35.4 Å². The molecule has 2 aromatic carbocycles. The van der Waals surface area contributed by atoms with Crippen LogP contribution in [0.25, 0.3) is 0 Å². The van der Waals surface area contributed by atoms with E-state index in [2.05, 4.69) is 15.9 Å². The monoisotopic (exact) mass is 310 g/mol. The Hall–Kier alpha value is -1.52. The smallest absolute Gasteiger partial charge is 0.115 e. The average molecular weight is 311 g/mol. The second kappa shape index (κ2) is 7.74. The number of aliphatic hydroxyl groups is 1. The predicted octanol–water partition coefficient (Wildman–Crippen LogP) is 3.17. The molecule has 0 amide bonds. The predicted molar refractivity (Wildman–Crippen MR) is 74.8 cm³/mol. The molecule has 0 bridgehead atoms. The highest BCUT2D eigenvalue weighted by molar-refractivity contribution is 9.08. The van der Waals surface area contributed by atoms with Gasteiger partial charge in [-0.3, -0.25) is 0 Å². The summed E-state index contributed by atoms with van der Waals surface area (Å²) >= 11 is 3.28. The van der Waals surface area contributed by atoms with Gasteiger partial charge in [0, 0.05) is 5.33 Å². The fourth-order valence-electron chi connectivity index (χ4n) is 1.29. The van der Waals surface area contributed by atoms with Gasteiger partial charge in [-0.15, -0.1) is 0 Å². The fourth-order valence-corrected chi connectivity index (χ4v) is 1.64. The average Bonchev–Trinajstić information content (AvgIpc) is 2.39. The van der Waals surface area contributed by atoms with Gasteiger partial charge in [-0.25, -0.2) is 0 Å². The minimum atomic E-state index is -0.0194. The van der Waals surface area contributed by atoms with E-state index in [-0.39, 0.29) is 12.4 Å². The maximum Gasteiger partial charge on any atom is 0.115 e. The Bertz CT molecular complexity index is 440. The zero-order valence-electron chi connectivity index (χ0n) is 9.75. The second-order valence-corrected chi connectivity index (χ2v) is 4.19. The van der Waals surface area contributed by atoms with Crippen molar-refractivity contribution in [2.75, 3.05) is 0 Å². The summed E-state index contributed by atoms with van der Waals surface area (Å²) in [6, 6.07) is 13.7. The molecule has 0 unspecified atom stereocenters. The van der Waals surface area contributed by atoms with Gasteiger partial charge in [0.15, 0.2) is 0 Å². The molecule has 2 rings (SSSR count). The van der Waals surface area contributed by atoms with Crippen LogP contribution in [0.5, 0.6) is 11.5 Å². The molecule has 0 atom stereocenters. The Morgan fingerprint density at radius 3 is 1.67 bits per heavy atom. The molecule has 0 fully saturated rings. The molecule has 0 aliphatic heterocycles. The van der Waals surface area contributed by atoms with Crippen LogP contribution >= 0.6 is 15.9 Å². The van der Waals surface area contributed by atoms with Crippen molar-refractivity contribution in [2.24, 2.45) is 0 Å². The Kier molecular flexibility index (Phi) is 6.25. The highest BCUT2D eigenvalue weighted by Crippen LogP contribution is 2.12. The number of rotatable bonds is 2. The van der Waals surface area contributed by atoms with Crippen LogP contribution in [0.15, 0.2) is 48.5 Å². The molecule has 0 spiro atoms. The van der Waals surface area contributed by atoms with Crippen molar-refractivity contribution in [1.82, 2.24) is 0 Å². The molecule has 0 aliphatic carbocycles. The number of halogens is 1. The lowest BCUT2D eigenvalue weighted by molar-refractivity contribution is 0.281. The van der Waals surface area contributed by atoms with E-state index in [1.807, 2.05) is 12.1 Å². The molecule has 4 heteroatoms. The Morgan fingerprint density at radius 1 is 0.833 bits per heavy atom. The first-order chi connectivity index (χ1) is 8.65. The SMILES string of the molecule is OCc1cccc(O)c1.Oc1cccc(CBr)c1. The number of benzene rings is 2. The third-order valence-electron chi connectivity index (χ3n) is 2.16. The van der Waals surface area contributed by atoms with Crippen LogP contribution in [0.2, 0.25) is 0 Å². The number of hydrogen-bond donors (Lipinski definition) is 3. The standard InChI is InChI=1S/C7H7BrO.C7H8O2/c2*8-5-6-2-1-3-7(9)4-6/h1-4,9H,5H2;1-4,8-9H,5H2. The second-order valence-electron chi connectivity index (χ2n) is 3.63. The van der Waals surface area contributed by atoms with Gasteiger partial charge in [0.1, 0.15) is 11.5 Å². The minimum absolute atomic E-state index is 0.0194. The van der Waals surface area contributed by atoms with E-state index in [1.54, 1.807) is 30.3 Å². The van der Waals surface area contributed by atoms with Crippen LogP contribution in [0.3, 0.4) is 0 Å². The Labute approximate surface area is 114 Å². The van der Waals surface area contributed by atoms with Crippen molar-refractivity contribution in [3.8, 4) is 11.5 Å². The van der Waals surface area contributed by atoms with E-state index in [0.29, 0.717) is 5.75 Å². The van der Waals surface area contributed by atoms with Crippen molar-refractivity contribution in [2.45, 2.75) is 11.9 Å². The molecule has 3 N–H and O–H groups in total. The van der Waals surface area contributed by atoms with E-state index in [4.69, 9.17) is 15.3 Å². The first kappa shape index (κ1) is 14.5. The molecule has 3 nitrogen and oxygen atoms in total. The summed E-state index contributed by atoms with van der Waals surface area (Å²) in [5.74, 6) is 0.522. The molecule has 0 heterocycles. The molecule has 0 aromatic heterocycles. The summed E-state index contributed by atoms with van der Waals surface area (Å²) in [7, 11) is 0. The van der Waals surface area contributed by atoms with E-state index in [1.165, 1.54) is 6.07 Å². The lowest BCUT2D eigenvalue weighted by Crippen LogP contribution is -1.79. The quantitative estimate of drug-likeness (QED) is 0.747. The van der Waals surface area contributed by atoms with Crippen molar-refractivity contribution in [1.29, 1.82) is 0 Å². The van der Waals surface area contributed by atoms with Gasteiger partial charge >= 0.3 is 0 Å². The Morgan fingerprint density at radius 2 is 1.33 bits per heavy atom. The van der Waals surface area contributed by atoms with Gasteiger partial charge in [0.05, 0.1) is 6.61 Å². The van der Waals surface area contributed by atoms with Crippen LogP contribution in [-0.2, 0) is 11.9 Å². The third-order valence-corrected chi connectivity index (χ3v) is 2.81. The van der Waals surface area contributed by atoms with Gasteiger partial charge in [0.25, 0.3) is 0 Å². The van der Waals surface area contributed by atoms with Crippen LogP contribution in [0.1, 0.15) is 11.1 Å². The maximum atomic E-state index is 8.92. The minimum Gasteiger partial charge on any atom is -0.508 e. The summed E-state index contributed by atoms with van der Waals surface area (Å²) in [4.78, 5) is 0. The van der Waals surface area contributed by atoms with Gasteiger partial charge in [-0.1, -0.05) is 40.2 Å². The number of alkyl halides is 1. The van der Waals surface area contributed by atoms with Crippen LogP contribution in [0.4, 0.5) is 0 Å². The topological polar surface area (TPSA) is 60.7 Å². The first-order valence-electron chi connectivity index (χ1n) is 5.38. The number of aromatic hydroxyl groups is 2. The highest BCUT2D eigenvalue weighted by Gasteiger charge is 1.89. The molecular weight excluding hydrogens is 296 g/mol.